The van der Waals surface area contributed by atoms with E-state index < -0.39 is 0 Å². The first-order chi connectivity index (χ1) is 4.93. The molecule has 58 valence electrons. The van der Waals surface area contributed by atoms with Gasteiger partial charge in [-0.05, 0) is 6.42 Å². The number of hydrogen-bond acceptors (Lipinski definition) is 2. The van der Waals surface area contributed by atoms with Gasteiger partial charge in [-0.15, -0.1) is 23.5 Å². The summed E-state index contributed by atoms with van der Waals surface area (Å²) in [4.78, 5) is 0. The van der Waals surface area contributed by atoms with Gasteiger partial charge in [0, 0.05) is 11.5 Å². The zero-order chi connectivity index (χ0) is 7.23. The molecule has 0 radical (unpaired) electrons. The Hall–Kier alpha value is 0.440. The lowest BCUT2D eigenvalue weighted by Gasteiger charge is -1.97. The van der Waals surface area contributed by atoms with E-state index in [1.165, 1.54) is 24.3 Å². The molecule has 0 nitrogen and oxygen atoms in total. The number of thioether (sulfide) groups is 2. The van der Waals surface area contributed by atoms with Crippen molar-refractivity contribution in [3.05, 3.63) is 12.2 Å². The Balaban J connectivity index is 2.10. The van der Waals surface area contributed by atoms with E-state index in [-0.39, 0.29) is 0 Å². The van der Waals surface area contributed by atoms with Crippen LogP contribution < -0.4 is 0 Å². The fraction of sp³-hybridized carbons (Fsp3) is 0.750. The second-order valence-electron chi connectivity index (χ2n) is 2.33. The van der Waals surface area contributed by atoms with Gasteiger partial charge in [-0.2, -0.15) is 0 Å². The highest BCUT2D eigenvalue weighted by Gasteiger charge is 2.11. The molecule has 0 amide bonds. The summed E-state index contributed by atoms with van der Waals surface area (Å²) in [5, 5.41) is 0. The summed E-state index contributed by atoms with van der Waals surface area (Å²) in [7, 11) is 0. The standard InChI is InChI=1S/C8H14S2/c1-2-3-4-5-8-9-6-7-10-8/h4-5,8H,2-3,6-7H2,1H3. The molecule has 1 aliphatic heterocycles. The highest BCUT2D eigenvalue weighted by atomic mass is 32.2. The predicted molar refractivity (Wildman–Crippen MR) is 52.8 cm³/mol. The van der Waals surface area contributed by atoms with Crippen LogP contribution >= 0.6 is 23.5 Å². The summed E-state index contributed by atoms with van der Waals surface area (Å²) in [6, 6.07) is 0. The Morgan fingerprint density at radius 2 is 2.10 bits per heavy atom. The molecular formula is C8H14S2. The van der Waals surface area contributed by atoms with Gasteiger partial charge in [0.25, 0.3) is 0 Å². The third kappa shape index (κ3) is 3.02. The molecule has 0 aromatic rings. The molecule has 0 saturated carbocycles. The van der Waals surface area contributed by atoms with Crippen LogP contribution in [0.1, 0.15) is 19.8 Å². The molecule has 0 unspecified atom stereocenters. The zero-order valence-corrected chi connectivity index (χ0v) is 8.01. The molecule has 1 rings (SSSR count). The van der Waals surface area contributed by atoms with Crippen LogP contribution in [0.4, 0.5) is 0 Å². The van der Waals surface area contributed by atoms with Gasteiger partial charge in [0.1, 0.15) is 0 Å². The van der Waals surface area contributed by atoms with Crippen LogP contribution in [0, 0.1) is 0 Å². The highest BCUT2D eigenvalue weighted by Crippen LogP contribution is 2.32. The molecular weight excluding hydrogens is 160 g/mol. The van der Waals surface area contributed by atoms with Crippen molar-refractivity contribution in [1.29, 1.82) is 0 Å². The third-order valence-electron chi connectivity index (χ3n) is 1.40. The SMILES string of the molecule is CCCC=CC1SCCS1. The van der Waals surface area contributed by atoms with Crippen molar-refractivity contribution in [3.8, 4) is 0 Å². The first-order valence-electron chi connectivity index (χ1n) is 3.83. The van der Waals surface area contributed by atoms with Crippen LogP contribution in [0.5, 0.6) is 0 Å². The summed E-state index contributed by atoms with van der Waals surface area (Å²) in [5.41, 5.74) is 0. The van der Waals surface area contributed by atoms with Crippen molar-refractivity contribution in [1.82, 2.24) is 0 Å². The molecule has 1 heterocycles. The van der Waals surface area contributed by atoms with Gasteiger partial charge < -0.3 is 0 Å². The van der Waals surface area contributed by atoms with Crippen molar-refractivity contribution in [2.75, 3.05) is 11.5 Å². The van der Waals surface area contributed by atoms with Crippen LogP contribution in [0.3, 0.4) is 0 Å². The summed E-state index contributed by atoms with van der Waals surface area (Å²) in [6.07, 6.45) is 7.19. The molecule has 2 heteroatoms. The number of hydrogen-bond donors (Lipinski definition) is 0. The van der Waals surface area contributed by atoms with Crippen molar-refractivity contribution in [2.45, 2.75) is 24.3 Å². The number of allylic oxidation sites excluding steroid dienone is 1. The minimum atomic E-state index is 0.770. The summed E-state index contributed by atoms with van der Waals surface area (Å²) < 4.78 is 0.770. The van der Waals surface area contributed by atoms with Crippen LogP contribution in [0.15, 0.2) is 12.2 Å². The summed E-state index contributed by atoms with van der Waals surface area (Å²) in [5.74, 6) is 2.68. The topological polar surface area (TPSA) is 0 Å². The van der Waals surface area contributed by atoms with E-state index in [2.05, 4.69) is 42.6 Å². The average molecular weight is 174 g/mol. The lowest BCUT2D eigenvalue weighted by molar-refractivity contribution is 0.957. The first-order valence-corrected chi connectivity index (χ1v) is 5.93. The van der Waals surface area contributed by atoms with Gasteiger partial charge in [0.05, 0.1) is 4.58 Å². The lowest BCUT2D eigenvalue weighted by atomic mass is 10.3. The smallest absolute Gasteiger partial charge is 0.0682 e. The minimum absolute atomic E-state index is 0.770. The highest BCUT2D eigenvalue weighted by molar-refractivity contribution is 8.20. The van der Waals surface area contributed by atoms with E-state index in [1.807, 2.05) is 0 Å². The second kappa shape index (κ2) is 5.14. The Kier molecular flexibility index (Phi) is 4.39. The predicted octanol–water partition coefficient (Wildman–Crippen LogP) is 3.15. The van der Waals surface area contributed by atoms with E-state index in [4.69, 9.17) is 0 Å². The minimum Gasteiger partial charge on any atom is -0.143 e. The fourth-order valence-corrected chi connectivity index (χ4v) is 3.50. The van der Waals surface area contributed by atoms with Crippen molar-refractivity contribution >= 4 is 23.5 Å². The van der Waals surface area contributed by atoms with Crippen molar-refractivity contribution in [3.63, 3.8) is 0 Å². The van der Waals surface area contributed by atoms with Gasteiger partial charge in [-0.3, -0.25) is 0 Å². The maximum Gasteiger partial charge on any atom is 0.0682 e. The number of rotatable bonds is 3. The van der Waals surface area contributed by atoms with Crippen LogP contribution in [0.2, 0.25) is 0 Å². The Labute approximate surface area is 71.8 Å². The third-order valence-corrected chi connectivity index (χ3v) is 4.32. The molecule has 1 aliphatic rings. The summed E-state index contributed by atoms with van der Waals surface area (Å²) >= 11 is 4.14. The monoisotopic (exact) mass is 174 g/mol. The zero-order valence-electron chi connectivity index (χ0n) is 6.38. The Bertz CT molecular complexity index is 104. The van der Waals surface area contributed by atoms with Crippen LogP contribution in [-0.2, 0) is 0 Å². The molecule has 0 spiro atoms. The first kappa shape index (κ1) is 8.54. The molecule has 0 aliphatic carbocycles. The van der Waals surface area contributed by atoms with E-state index in [0.29, 0.717) is 0 Å². The van der Waals surface area contributed by atoms with Gasteiger partial charge in [-0.25, -0.2) is 0 Å². The van der Waals surface area contributed by atoms with Gasteiger partial charge >= 0.3 is 0 Å². The van der Waals surface area contributed by atoms with Gasteiger partial charge in [0.2, 0.25) is 0 Å². The van der Waals surface area contributed by atoms with E-state index in [9.17, 15) is 0 Å². The molecule has 10 heavy (non-hydrogen) atoms. The molecule has 0 N–H and O–H groups in total. The normalized spacial score (nSPS) is 20.9. The molecule has 1 saturated heterocycles. The van der Waals surface area contributed by atoms with Crippen LogP contribution in [-0.4, -0.2) is 16.1 Å². The second-order valence-corrected chi connectivity index (χ2v) is 5.12. The van der Waals surface area contributed by atoms with E-state index >= 15 is 0 Å². The Morgan fingerprint density at radius 3 is 2.70 bits per heavy atom. The molecule has 0 aromatic heterocycles. The number of unbranched alkanes of at least 4 members (excludes halogenated alkanes) is 1. The maximum atomic E-state index is 2.35. The molecule has 0 aromatic carbocycles. The van der Waals surface area contributed by atoms with Crippen molar-refractivity contribution < 1.29 is 0 Å². The largest absolute Gasteiger partial charge is 0.143 e. The quantitative estimate of drug-likeness (QED) is 0.603. The molecule has 1 fully saturated rings. The average Bonchev–Trinajstić information content (AvgIpc) is 2.41. The van der Waals surface area contributed by atoms with Crippen LogP contribution in [0.25, 0.3) is 0 Å². The molecule has 0 atom stereocenters. The van der Waals surface area contributed by atoms with E-state index in [0.717, 1.165) is 4.58 Å². The van der Waals surface area contributed by atoms with E-state index in [1.54, 1.807) is 0 Å². The Morgan fingerprint density at radius 1 is 1.40 bits per heavy atom. The van der Waals surface area contributed by atoms with Gasteiger partial charge in [0.15, 0.2) is 0 Å². The van der Waals surface area contributed by atoms with Gasteiger partial charge in [-0.1, -0.05) is 25.5 Å². The molecule has 0 bridgehead atoms. The van der Waals surface area contributed by atoms with Crippen molar-refractivity contribution in [2.24, 2.45) is 0 Å². The lowest BCUT2D eigenvalue weighted by Crippen LogP contribution is -1.81. The maximum absolute atomic E-state index is 2.35. The fourth-order valence-electron chi connectivity index (χ4n) is 0.862. The summed E-state index contributed by atoms with van der Waals surface area (Å²) in [6.45, 7) is 2.22.